The van der Waals surface area contributed by atoms with Crippen molar-refractivity contribution < 1.29 is 13.2 Å². The molecule has 2 heterocycles. The van der Waals surface area contributed by atoms with Crippen molar-refractivity contribution in [3.8, 4) is 0 Å². The Balaban J connectivity index is 1.61. The molecule has 0 aromatic heterocycles. The summed E-state index contributed by atoms with van der Waals surface area (Å²) in [5, 5.41) is 0.0865. The van der Waals surface area contributed by atoms with E-state index in [4.69, 9.17) is 0 Å². The summed E-state index contributed by atoms with van der Waals surface area (Å²) in [4.78, 5) is 14.6. The van der Waals surface area contributed by atoms with Crippen LogP contribution in [0.5, 0.6) is 0 Å². The number of amides is 1. The van der Waals surface area contributed by atoms with Crippen molar-refractivity contribution in [2.75, 3.05) is 23.8 Å². The van der Waals surface area contributed by atoms with Crippen molar-refractivity contribution in [1.29, 1.82) is 0 Å². The zero-order valence-corrected chi connectivity index (χ0v) is 15.0. The molecule has 0 spiro atoms. The summed E-state index contributed by atoms with van der Waals surface area (Å²) in [6.45, 7) is 2.90. The number of hydrogen-bond acceptors (Lipinski definition) is 4. The monoisotopic (exact) mass is 353 g/mol. The SMILES string of the molecule is Cc1ccccc1[C@@H]1CCCN1C(=O)CS[C@@H]1CCS(=O)(=O)C1. The average molecular weight is 354 g/mol. The Bertz CT molecular complexity index is 687. The largest absolute Gasteiger partial charge is 0.335 e. The van der Waals surface area contributed by atoms with Crippen molar-refractivity contribution in [3.05, 3.63) is 35.4 Å². The van der Waals surface area contributed by atoms with Gasteiger partial charge in [-0.3, -0.25) is 4.79 Å². The Hall–Kier alpha value is -1.01. The molecule has 0 N–H and O–H groups in total. The number of carbonyl (C=O) groups excluding carboxylic acids is 1. The maximum Gasteiger partial charge on any atom is 0.233 e. The van der Waals surface area contributed by atoms with Gasteiger partial charge in [0.1, 0.15) is 0 Å². The Morgan fingerprint density at radius 2 is 2.09 bits per heavy atom. The van der Waals surface area contributed by atoms with E-state index in [1.54, 1.807) is 0 Å². The van der Waals surface area contributed by atoms with Gasteiger partial charge in [-0.25, -0.2) is 8.42 Å². The maximum absolute atomic E-state index is 12.6. The van der Waals surface area contributed by atoms with Gasteiger partial charge in [0.05, 0.1) is 23.3 Å². The highest BCUT2D eigenvalue weighted by Gasteiger charge is 2.33. The van der Waals surface area contributed by atoms with Crippen molar-refractivity contribution >= 4 is 27.5 Å². The van der Waals surface area contributed by atoms with Gasteiger partial charge in [0.25, 0.3) is 0 Å². The number of rotatable bonds is 4. The first-order valence-corrected chi connectivity index (χ1v) is 11.0. The van der Waals surface area contributed by atoms with Gasteiger partial charge in [-0.15, -0.1) is 11.8 Å². The molecule has 2 aliphatic heterocycles. The zero-order valence-electron chi connectivity index (χ0n) is 13.4. The Morgan fingerprint density at radius 1 is 1.30 bits per heavy atom. The lowest BCUT2D eigenvalue weighted by Gasteiger charge is -2.26. The van der Waals surface area contributed by atoms with E-state index in [0.717, 1.165) is 19.4 Å². The standard InChI is InChI=1S/C17H23NO3S2/c1-13-5-2-3-6-15(13)16-7-4-9-18(16)17(19)11-22-14-8-10-23(20,21)12-14/h2-3,5-6,14,16H,4,7-12H2,1H3/t14-,16+/m1/s1. The molecule has 2 atom stereocenters. The van der Waals surface area contributed by atoms with Crippen molar-refractivity contribution in [2.45, 2.75) is 37.5 Å². The second kappa shape index (κ2) is 6.85. The number of thioether (sulfide) groups is 1. The van der Waals surface area contributed by atoms with Crippen molar-refractivity contribution in [2.24, 2.45) is 0 Å². The minimum atomic E-state index is -2.87. The molecule has 0 saturated carbocycles. The van der Waals surface area contributed by atoms with Gasteiger partial charge in [0.2, 0.25) is 5.91 Å². The summed E-state index contributed by atoms with van der Waals surface area (Å²) in [6.07, 6.45) is 2.73. The van der Waals surface area contributed by atoms with Gasteiger partial charge >= 0.3 is 0 Å². The molecule has 2 fully saturated rings. The first kappa shape index (κ1) is 16.8. The van der Waals surface area contributed by atoms with E-state index < -0.39 is 9.84 Å². The Morgan fingerprint density at radius 3 is 2.78 bits per heavy atom. The van der Waals surface area contributed by atoms with Crippen molar-refractivity contribution in [1.82, 2.24) is 4.90 Å². The smallest absolute Gasteiger partial charge is 0.233 e. The third kappa shape index (κ3) is 3.91. The van der Waals surface area contributed by atoms with Crippen LogP contribution in [0.2, 0.25) is 0 Å². The highest BCUT2D eigenvalue weighted by Crippen LogP contribution is 2.34. The number of nitrogens with zero attached hydrogens (tertiary/aromatic N) is 1. The van der Waals surface area contributed by atoms with Gasteiger partial charge in [0, 0.05) is 11.8 Å². The predicted molar refractivity (Wildman–Crippen MR) is 94.4 cm³/mol. The molecule has 23 heavy (non-hydrogen) atoms. The van der Waals surface area contributed by atoms with Gasteiger partial charge < -0.3 is 4.90 Å². The van der Waals surface area contributed by atoms with Crippen molar-refractivity contribution in [3.63, 3.8) is 0 Å². The van der Waals surface area contributed by atoms with Crippen LogP contribution in [0.25, 0.3) is 0 Å². The zero-order chi connectivity index (χ0) is 16.4. The topological polar surface area (TPSA) is 54.5 Å². The molecular weight excluding hydrogens is 330 g/mol. The van der Waals surface area contributed by atoms with Gasteiger partial charge in [-0.1, -0.05) is 24.3 Å². The fraction of sp³-hybridized carbons (Fsp3) is 0.588. The fourth-order valence-electron chi connectivity index (χ4n) is 3.51. The average Bonchev–Trinajstić information content (AvgIpc) is 3.12. The van der Waals surface area contributed by atoms with E-state index in [0.29, 0.717) is 12.2 Å². The molecule has 1 aromatic rings. The summed E-state index contributed by atoms with van der Waals surface area (Å²) in [5.41, 5.74) is 2.47. The highest BCUT2D eigenvalue weighted by atomic mass is 32.2. The summed E-state index contributed by atoms with van der Waals surface area (Å²) in [5.74, 6) is 1.04. The van der Waals surface area contributed by atoms with Crippen LogP contribution >= 0.6 is 11.8 Å². The van der Waals surface area contributed by atoms with Crippen LogP contribution in [-0.2, 0) is 14.6 Å². The summed E-state index contributed by atoms with van der Waals surface area (Å²) >= 11 is 1.51. The van der Waals surface area contributed by atoms with Crippen LogP contribution in [0.3, 0.4) is 0 Å². The molecule has 3 rings (SSSR count). The number of carbonyl (C=O) groups is 1. The highest BCUT2D eigenvalue weighted by molar-refractivity contribution is 8.02. The molecule has 0 radical (unpaired) electrons. The molecular formula is C17H23NO3S2. The minimum Gasteiger partial charge on any atom is -0.335 e. The molecule has 0 bridgehead atoms. The molecule has 1 aromatic carbocycles. The molecule has 2 aliphatic rings. The molecule has 2 saturated heterocycles. The van der Waals surface area contributed by atoms with Crippen LogP contribution < -0.4 is 0 Å². The molecule has 0 aliphatic carbocycles. The normalized spacial score (nSPS) is 26.6. The quantitative estimate of drug-likeness (QED) is 0.835. The van der Waals surface area contributed by atoms with Crippen LogP contribution in [0.15, 0.2) is 24.3 Å². The number of aryl methyl sites for hydroxylation is 1. The number of hydrogen-bond donors (Lipinski definition) is 0. The minimum absolute atomic E-state index is 0.0865. The van der Waals surface area contributed by atoms with Crippen LogP contribution in [0.4, 0.5) is 0 Å². The summed E-state index contributed by atoms with van der Waals surface area (Å²) in [7, 11) is -2.87. The number of likely N-dealkylation sites (tertiary alicyclic amines) is 1. The molecule has 1 amide bonds. The van der Waals surface area contributed by atoms with Crippen LogP contribution in [0, 0.1) is 6.92 Å². The molecule has 126 valence electrons. The predicted octanol–water partition coefficient (Wildman–Crippen LogP) is 2.58. The molecule has 4 nitrogen and oxygen atoms in total. The lowest BCUT2D eigenvalue weighted by molar-refractivity contribution is -0.129. The fourth-order valence-corrected chi connectivity index (χ4v) is 7.04. The third-order valence-corrected chi connectivity index (χ3v) is 8.02. The lowest BCUT2D eigenvalue weighted by Crippen LogP contribution is -2.32. The van der Waals surface area contributed by atoms with Gasteiger partial charge in [-0.2, -0.15) is 0 Å². The van der Waals surface area contributed by atoms with E-state index in [9.17, 15) is 13.2 Å². The summed E-state index contributed by atoms with van der Waals surface area (Å²) < 4.78 is 23.0. The maximum atomic E-state index is 12.6. The van der Waals surface area contributed by atoms with E-state index in [1.807, 2.05) is 17.0 Å². The van der Waals surface area contributed by atoms with Gasteiger partial charge in [-0.05, 0) is 37.3 Å². The molecule has 6 heteroatoms. The number of benzene rings is 1. The van der Waals surface area contributed by atoms with E-state index in [2.05, 4.69) is 19.1 Å². The third-order valence-electron chi connectivity index (χ3n) is 4.75. The first-order valence-electron chi connectivity index (χ1n) is 8.13. The van der Waals surface area contributed by atoms with Crippen LogP contribution in [0.1, 0.15) is 36.4 Å². The van der Waals surface area contributed by atoms with E-state index in [1.165, 1.54) is 22.9 Å². The second-order valence-corrected chi connectivity index (χ2v) is 9.96. The summed E-state index contributed by atoms with van der Waals surface area (Å²) in [6, 6.07) is 8.44. The lowest BCUT2D eigenvalue weighted by atomic mass is 9.99. The van der Waals surface area contributed by atoms with Gasteiger partial charge in [0.15, 0.2) is 9.84 Å². The Kier molecular flexibility index (Phi) is 5.01. The van der Waals surface area contributed by atoms with E-state index in [-0.39, 0.29) is 28.7 Å². The number of sulfone groups is 1. The van der Waals surface area contributed by atoms with Crippen LogP contribution in [-0.4, -0.2) is 48.3 Å². The van der Waals surface area contributed by atoms with E-state index >= 15 is 0 Å². The molecule has 0 unspecified atom stereocenters. The second-order valence-electron chi connectivity index (χ2n) is 6.44. The Labute approximate surface area is 142 Å². The first-order chi connectivity index (χ1) is 11.0.